The molecule has 0 saturated heterocycles. The maximum Gasteiger partial charge on any atom is 0.333 e. The molecule has 1 aromatic heterocycles. The summed E-state index contributed by atoms with van der Waals surface area (Å²) < 4.78 is 6.74. The van der Waals surface area contributed by atoms with Crippen LogP contribution in [0.5, 0.6) is 0 Å². The molecule has 106 valence electrons. The van der Waals surface area contributed by atoms with Crippen molar-refractivity contribution in [1.29, 1.82) is 0 Å². The smallest absolute Gasteiger partial charge is 0.333 e. The summed E-state index contributed by atoms with van der Waals surface area (Å²) in [6, 6.07) is 6.55. The first-order valence-corrected chi connectivity index (χ1v) is 6.65. The minimum Gasteiger partial charge on any atom is -0.464 e. The Balaban J connectivity index is 2.22. The highest BCUT2D eigenvalue weighted by molar-refractivity contribution is 6.30. The molecule has 6 heteroatoms. The number of anilines is 1. The standard InChI is InChI=1S/C14H16ClN3O2/c1-3-20-14(19)13(10-8-16-18(2)9-10)17-12-6-4-11(15)5-7-12/h4-9,13,17H,3H2,1-2H3. The number of carbonyl (C=O) groups excluding carboxylic acids is 1. The van der Waals surface area contributed by atoms with Crippen molar-refractivity contribution in [3.8, 4) is 0 Å². The van der Waals surface area contributed by atoms with E-state index < -0.39 is 6.04 Å². The van der Waals surface area contributed by atoms with Gasteiger partial charge in [-0.1, -0.05) is 11.6 Å². The molecule has 20 heavy (non-hydrogen) atoms. The lowest BCUT2D eigenvalue weighted by atomic mass is 10.1. The van der Waals surface area contributed by atoms with Crippen LogP contribution in [0.25, 0.3) is 0 Å². The number of carbonyl (C=O) groups is 1. The van der Waals surface area contributed by atoms with E-state index in [1.54, 1.807) is 43.2 Å². The molecule has 0 spiro atoms. The molecule has 2 rings (SSSR count). The van der Waals surface area contributed by atoms with E-state index in [1.165, 1.54) is 0 Å². The van der Waals surface area contributed by atoms with Gasteiger partial charge in [0.05, 0.1) is 12.8 Å². The molecule has 1 heterocycles. The van der Waals surface area contributed by atoms with Gasteiger partial charge in [0.25, 0.3) is 0 Å². The maximum atomic E-state index is 12.1. The van der Waals surface area contributed by atoms with Gasteiger partial charge < -0.3 is 10.1 Å². The molecule has 1 unspecified atom stereocenters. The Bertz CT molecular complexity index is 580. The third-order valence-corrected chi connectivity index (χ3v) is 2.99. The van der Waals surface area contributed by atoms with E-state index in [0.717, 1.165) is 11.3 Å². The van der Waals surface area contributed by atoms with Gasteiger partial charge in [-0.05, 0) is 31.2 Å². The topological polar surface area (TPSA) is 56.1 Å². The molecule has 1 aromatic carbocycles. The first-order chi connectivity index (χ1) is 9.60. The summed E-state index contributed by atoms with van der Waals surface area (Å²) in [5, 5.41) is 7.86. The number of nitrogens with one attached hydrogen (secondary N) is 1. The van der Waals surface area contributed by atoms with Crippen molar-refractivity contribution in [3.05, 3.63) is 47.2 Å². The van der Waals surface area contributed by atoms with Crippen molar-refractivity contribution >= 4 is 23.3 Å². The summed E-state index contributed by atoms with van der Waals surface area (Å²) in [4.78, 5) is 12.1. The van der Waals surface area contributed by atoms with Gasteiger partial charge in [0.2, 0.25) is 0 Å². The maximum absolute atomic E-state index is 12.1. The lowest BCUT2D eigenvalue weighted by molar-refractivity contribution is -0.144. The van der Waals surface area contributed by atoms with Crippen LogP contribution in [0.1, 0.15) is 18.5 Å². The minimum atomic E-state index is -0.593. The van der Waals surface area contributed by atoms with E-state index in [4.69, 9.17) is 16.3 Å². The lowest BCUT2D eigenvalue weighted by Gasteiger charge is -2.17. The largest absolute Gasteiger partial charge is 0.464 e. The number of ether oxygens (including phenoxy) is 1. The van der Waals surface area contributed by atoms with E-state index in [0.29, 0.717) is 11.6 Å². The molecule has 5 nitrogen and oxygen atoms in total. The number of aromatic nitrogens is 2. The van der Waals surface area contributed by atoms with E-state index >= 15 is 0 Å². The average Bonchev–Trinajstić information content (AvgIpc) is 2.84. The molecule has 2 aromatic rings. The predicted octanol–water partition coefficient (Wildman–Crippen LogP) is 2.79. The Morgan fingerprint density at radius 1 is 1.45 bits per heavy atom. The third kappa shape index (κ3) is 3.51. The monoisotopic (exact) mass is 293 g/mol. The number of hydrogen-bond acceptors (Lipinski definition) is 4. The number of aryl methyl sites for hydroxylation is 1. The number of nitrogens with zero attached hydrogens (tertiary/aromatic N) is 2. The molecule has 1 N–H and O–H groups in total. The first kappa shape index (κ1) is 14.4. The Morgan fingerprint density at radius 2 is 2.15 bits per heavy atom. The summed E-state index contributed by atoms with van der Waals surface area (Å²) in [6.07, 6.45) is 3.43. The fraction of sp³-hybridized carbons (Fsp3) is 0.286. The second kappa shape index (κ2) is 6.43. The third-order valence-electron chi connectivity index (χ3n) is 2.74. The van der Waals surface area contributed by atoms with Crippen LogP contribution in [-0.4, -0.2) is 22.4 Å². The number of hydrogen-bond donors (Lipinski definition) is 1. The summed E-state index contributed by atoms with van der Waals surface area (Å²) in [5.74, 6) is -0.338. The van der Waals surface area contributed by atoms with E-state index in [-0.39, 0.29) is 5.97 Å². The molecular formula is C14H16ClN3O2. The molecule has 0 amide bonds. The lowest BCUT2D eigenvalue weighted by Crippen LogP contribution is -2.23. The van der Waals surface area contributed by atoms with Crippen LogP contribution in [-0.2, 0) is 16.6 Å². The fourth-order valence-electron chi connectivity index (χ4n) is 1.81. The zero-order valence-electron chi connectivity index (χ0n) is 11.3. The Morgan fingerprint density at radius 3 is 2.70 bits per heavy atom. The van der Waals surface area contributed by atoms with Crippen LogP contribution in [0.15, 0.2) is 36.7 Å². The van der Waals surface area contributed by atoms with E-state index in [2.05, 4.69) is 10.4 Å². The fourth-order valence-corrected chi connectivity index (χ4v) is 1.93. The van der Waals surface area contributed by atoms with Gasteiger partial charge in [0, 0.05) is 29.5 Å². The molecule has 0 radical (unpaired) electrons. The van der Waals surface area contributed by atoms with Crippen LogP contribution in [0.4, 0.5) is 5.69 Å². The second-order valence-corrected chi connectivity index (χ2v) is 4.72. The van der Waals surface area contributed by atoms with Crippen LogP contribution in [0.3, 0.4) is 0 Å². The number of esters is 1. The summed E-state index contributed by atoms with van der Waals surface area (Å²) in [7, 11) is 1.80. The SMILES string of the molecule is CCOC(=O)C(Nc1ccc(Cl)cc1)c1cnn(C)c1. The van der Waals surface area contributed by atoms with Crippen LogP contribution in [0.2, 0.25) is 5.02 Å². The van der Waals surface area contributed by atoms with Gasteiger partial charge in [-0.2, -0.15) is 5.10 Å². The Kier molecular flexibility index (Phi) is 4.63. The van der Waals surface area contributed by atoms with Crippen molar-refractivity contribution in [2.45, 2.75) is 13.0 Å². The Labute approximate surface area is 122 Å². The Hall–Kier alpha value is -2.01. The highest BCUT2D eigenvalue weighted by Gasteiger charge is 2.23. The van der Waals surface area contributed by atoms with Crippen molar-refractivity contribution in [2.75, 3.05) is 11.9 Å². The zero-order chi connectivity index (χ0) is 14.5. The van der Waals surface area contributed by atoms with Crippen molar-refractivity contribution < 1.29 is 9.53 Å². The van der Waals surface area contributed by atoms with Gasteiger partial charge >= 0.3 is 5.97 Å². The van der Waals surface area contributed by atoms with Gasteiger partial charge in [-0.3, -0.25) is 4.68 Å². The molecule has 0 aliphatic carbocycles. The van der Waals surface area contributed by atoms with Gasteiger partial charge in [0.15, 0.2) is 6.04 Å². The first-order valence-electron chi connectivity index (χ1n) is 6.27. The number of benzene rings is 1. The van der Waals surface area contributed by atoms with Crippen molar-refractivity contribution in [1.82, 2.24) is 9.78 Å². The van der Waals surface area contributed by atoms with Crippen LogP contribution in [0, 0.1) is 0 Å². The normalized spacial score (nSPS) is 11.9. The van der Waals surface area contributed by atoms with Crippen LogP contribution >= 0.6 is 11.6 Å². The summed E-state index contributed by atoms with van der Waals surface area (Å²) in [6.45, 7) is 2.11. The zero-order valence-corrected chi connectivity index (χ0v) is 12.1. The molecule has 0 bridgehead atoms. The molecule has 1 atom stereocenters. The van der Waals surface area contributed by atoms with Gasteiger partial charge in [0.1, 0.15) is 0 Å². The average molecular weight is 294 g/mol. The number of halogens is 1. The van der Waals surface area contributed by atoms with E-state index in [9.17, 15) is 4.79 Å². The predicted molar refractivity (Wildman–Crippen MR) is 77.7 cm³/mol. The molecule has 0 saturated carbocycles. The van der Waals surface area contributed by atoms with Crippen LogP contribution < -0.4 is 5.32 Å². The summed E-state index contributed by atoms with van der Waals surface area (Å²) >= 11 is 5.85. The van der Waals surface area contributed by atoms with E-state index in [1.807, 2.05) is 12.1 Å². The minimum absolute atomic E-state index is 0.331. The highest BCUT2D eigenvalue weighted by Crippen LogP contribution is 2.22. The van der Waals surface area contributed by atoms with Crippen molar-refractivity contribution in [3.63, 3.8) is 0 Å². The summed E-state index contributed by atoms with van der Waals surface area (Å²) in [5.41, 5.74) is 1.54. The quantitative estimate of drug-likeness (QED) is 0.861. The number of rotatable bonds is 5. The van der Waals surface area contributed by atoms with Crippen molar-refractivity contribution in [2.24, 2.45) is 7.05 Å². The molecule has 0 fully saturated rings. The highest BCUT2D eigenvalue weighted by atomic mass is 35.5. The van der Waals surface area contributed by atoms with Gasteiger partial charge in [-0.15, -0.1) is 0 Å². The van der Waals surface area contributed by atoms with Gasteiger partial charge in [-0.25, -0.2) is 4.79 Å². The molecular weight excluding hydrogens is 278 g/mol. The molecule has 0 aliphatic heterocycles. The molecule has 0 aliphatic rings. The second-order valence-electron chi connectivity index (χ2n) is 4.28.